The fourth-order valence-electron chi connectivity index (χ4n) is 2.33. The molecule has 0 radical (unpaired) electrons. The van der Waals surface area contributed by atoms with Gasteiger partial charge in [0.2, 0.25) is 5.78 Å². The second-order valence-corrected chi connectivity index (χ2v) is 6.18. The molecule has 0 aliphatic heterocycles. The molecule has 19 heavy (non-hydrogen) atoms. The highest BCUT2D eigenvalue weighted by molar-refractivity contribution is 7.80. The maximum absolute atomic E-state index is 11.7. The van der Waals surface area contributed by atoms with Crippen LogP contribution in [0.5, 0.6) is 0 Å². The lowest BCUT2D eigenvalue weighted by atomic mass is 9.87. The van der Waals surface area contributed by atoms with E-state index in [0.717, 1.165) is 29.7 Å². The minimum absolute atomic E-state index is 0.0338. The van der Waals surface area contributed by atoms with E-state index in [1.54, 1.807) is 0 Å². The first-order valence-electron chi connectivity index (χ1n) is 6.60. The average Bonchev–Trinajstić information content (AvgIpc) is 2.68. The standard InChI is InChI=1S/C17H18OS/c1-17(2)8-6-15-11-13(7-9-19)10-14(15)4-3-5-16(18)12-17/h4,11,13,19H,7,9-10,12H2,1-2H3/b14-4-. The van der Waals surface area contributed by atoms with Crippen molar-refractivity contribution in [1.29, 1.82) is 0 Å². The summed E-state index contributed by atoms with van der Waals surface area (Å²) in [6.45, 7) is 3.98. The van der Waals surface area contributed by atoms with Crippen LogP contribution in [0.2, 0.25) is 0 Å². The Labute approximate surface area is 121 Å². The molecule has 1 unspecified atom stereocenters. The van der Waals surface area contributed by atoms with E-state index in [9.17, 15) is 4.79 Å². The Bertz CT molecular complexity index is 570. The molecule has 0 spiro atoms. The van der Waals surface area contributed by atoms with Gasteiger partial charge in [0.1, 0.15) is 0 Å². The van der Waals surface area contributed by atoms with Crippen LogP contribution in [-0.2, 0) is 4.79 Å². The molecule has 0 saturated heterocycles. The normalized spacial score (nSPS) is 26.9. The van der Waals surface area contributed by atoms with Crippen molar-refractivity contribution in [2.24, 2.45) is 11.3 Å². The quantitative estimate of drug-likeness (QED) is 0.463. The van der Waals surface area contributed by atoms with Crippen molar-refractivity contribution in [1.82, 2.24) is 0 Å². The third kappa shape index (κ3) is 3.79. The summed E-state index contributed by atoms with van der Waals surface area (Å²) in [5.41, 5.74) is 1.94. The van der Waals surface area contributed by atoms with Crippen molar-refractivity contribution in [2.45, 2.75) is 33.1 Å². The van der Waals surface area contributed by atoms with Crippen LogP contribution in [0.25, 0.3) is 0 Å². The second kappa shape index (κ2) is 5.72. The summed E-state index contributed by atoms with van der Waals surface area (Å²) in [7, 11) is 0. The van der Waals surface area contributed by atoms with E-state index in [4.69, 9.17) is 0 Å². The summed E-state index contributed by atoms with van der Waals surface area (Å²) in [6, 6.07) is 0. The van der Waals surface area contributed by atoms with E-state index in [1.165, 1.54) is 0 Å². The number of fused-ring (bicyclic) bond motifs is 1. The highest BCUT2D eigenvalue weighted by Crippen LogP contribution is 2.32. The maximum Gasteiger partial charge on any atom is 0.207 e. The van der Waals surface area contributed by atoms with E-state index in [1.807, 2.05) is 19.9 Å². The molecule has 0 heterocycles. The Morgan fingerprint density at radius 2 is 2.21 bits per heavy atom. The molecule has 0 aromatic carbocycles. The van der Waals surface area contributed by atoms with E-state index < -0.39 is 0 Å². The van der Waals surface area contributed by atoms with E-state index in [-0.39, 0.29) is 11.2 Å². The minimum atomic E-state index is -0.309. The molecule has 2 rings (SSSR count). The van der Waals surface area contributed by atoms with Gasteiger partial charge in [-0.3, -0.25) is 4.79 Å². The lowest BCUT2D eigenvalue weighted by molar-refractivity contribution is -0.115. The number of Topliss-reactive ketones (excluding diaryl/α,β-unsaturated/α-hetero) is 1. The third-order valence-electron chi connectivity index (χ3n) is 3.33. The first-order valence-corrected chi connectivity index (χ1v) is 7.23. The topological polar surface area (TPSA) is 17.1 Å². The fourth-order valence-corrected chi connectivity index (χ4v) is 2.67. The van der Waals surface area contributed by atoms with Crippen LogP contribution in [0.1, 0.15) is 33.1 Å². The summed E-state index contributed by atoms with van der Waals surface area (Å²) in [4.78, 5) is 11.7. The van der Waals surface area contributed by atoms with E-state index in [2.05, 4.69) is 42.4 Å². The van der Waals surface area contributed by atoms with Gasteiger partial charge in [-0.2, -0.15) is 12.6 Å². The molecule has 2 aliphatic carbocycles. The first-order chi connectivity index (χ1) is 9.00. The molecule has 0 aromatic rings. The van der Waals surface area contributed by atoms with Crippen molar-refractivity contribution in [3.8, 4) is 23.7 Å². The van der Waals surface area contributed by atoms with Crippen LogP contribution >= 0.6 is 12.6 Å². The molecule has 0 bridgehead atoms. The smallest absolute Gasteiger partial charge is 0.207 e. The zero-order chi connectivity index (χ0) is 13.9. The number of hydrogen-bond donors (Lipinski definition) is 1. The number of hydrogen-bond acceptors (Lipinski definition) is 2. The molecule has 0 saturated carbocycles. The fraction of sp³-hybridized carbons (Fsp3) is 0.471. The Hall–Kier alpha value is -1.38. The summed E-state index contributed by atoms with van der Waals surface area (Å²) < 4.78 is 0. The first kappa shape index (κ1) is 14.0. The Morgan fingerprint density at radius 1 is 1.42 bits per heavy atom. The lowest BCUT2D eigenvalue weighted by Crippen LogP contribution is -2.14. The van der Waals surface area contributed by atoms with Gasteiger partial charge in [0, 0.05) is 17.4 Å². The molecule has 0 amide bonds. The lowest BCUT2D eigenvalue weighted by Gasteiger charge is -2.14. The number of carbonyl (C=O) groups excluding carboxylic acids is 1. The average molecular weight is 270 g/mol. The van der Waals surface area contributed by atoms with Crippen molar-refractivity contribution in [3.63, 3.8) is 0 Å². The van der Waals surface area contributed by atoms with Crippen molar-refractivity contribution in [2.75, 3.05) is 5.75 Å². The minimum Gasteiger partial charge on any atom is -0.285 e. The van der Waals surface area contributed by atoms with Gasteiger partial charge in [-0.15, -0.1) is 0 Å². The van der Waals surface area contributed by atoms with Crippen molar-refractivity contribution >= 4 is 18.4 Å². The number of rotatable bonds is 2. The van der Waals surface area contributed by atoms with Gasteiger partial charge in [0.25, 0.3) is 0 Å². The molecule has 0 aromatic heterocycles. The molecule has 98 valence electrons. The summed E-state index contributed by atoms with van der Waals surface area (Å²) >= 11 is 4.29. The molecule has 2 aliphatic rings. The van der Waals surface area contributed by atoms with Gasteiger partial charge in [0.15, 0.2) is 0 Å². The van der Waals surface area contributed by atoms with Gasteiger partial charge in [-0.25, -0.2) is 0 Å². The number of ketones is 1. The maximum atomic E-state index is 11.7. The van der Waals surface area contributed by atoms with Gasteiger partial charge in [-0.1, -0.05) is 23.8 Å². The summed E-state index contributed by atoms with van der Waals surface area (Å²) in [5.74, 6) is 13.4. The highest BCUT2D eigenvalue weighted by Gasteiger charge is 2.22. The monoisotopic (exact) mass is 270 g/mol. The Kier molecular flexibility index (Phi) is 4.23. The molecule has 2 heteroatoms. The summed E-state index contributed by atoms with van der Waals surface area (Å²) in [5, 5.41) is 0. The molecule has 0 fully saturated rings. The van der Waals surface area contributed by atoms with Crippen LogP contribution in [0.3, 0.4) is 0 Å². The van der Waals surface area contributed by atoms with Crippen LogP contribution in [0.15, 0.2) is 23.3 Å². The SMILES string of the molecule is CC1(C)C#CC2=CC(CCS)C/C2=C/C#CC(=O)C1. The molecule has 0 N–H and O–H groups in total. The Balaban J connectivity index is 2.37. The van der Waals surface area contributed by atoms with Crippen LogP contribution in [-0.4, -0.2) is 11.5 Å². The van der Waals surface area contributed by atoms with Crippen molar-refractivity contribution in [3.05, 3.63) is 23.3 Å². The molecular formula is C17H18OS. The molecular weight excluding hydrogens is 252 g/mol. The third-order valence-corrected chi connectivity index (χ3v) is 3.58. The predicted molar refractivity (Wildman–Crippen MR) is 81.7 cm³/mol. The van der Waals surface area contributed by atoms with Gasteiger partial charge < -0.3 is 0 Å². The van der Waals surface area contributed by atoms with Crippen LogP contribution in [0.4, 0.5) is 0 Å². The van der Waals surface area contributed by atoms with Gasteiger partial charge >= 0.3 is 0 Å². The van der Waals surface area contributed by atoms with E-state index in [0.29, 0.717) is 12.3 Å². The van der Waals surface area contributed by atoms with Crippen LogP contribution < -0.4 is 0 Å². The molecule has 1 atom stereocenters. The largest absolute Gasteiger partial charge is 0.285 e. The number of allylic oxidation sites excluding steroid dienone is 4. The van der Waals surface area contributed by atoms with Gasteiger partial charge in [-0.05, 0) is 55.9 Å². The Morgan fingerprint density at radius 3 is 2.95 bits per heavy atom. The number of carbonyl (C=O) groups is 1. The summed E-state index contributed by atoms with van der Waals surface area (Å²) in [6.07, 6.45) is 6.50. The zero-order valence-electron chi connectivity index (χ0n) is 11.4. The van der Waals surface area contributed by atoms with E-state index >= 15 is 0 Å². The molecule has 1 nitrogen and oxygen atoms in total. The second-order valence-electron chi connectivity index (χ2n) is 5.73. The highest BCUT2D eigenvalue weighted by atomic mass is 32.1. The van der Waals surface area contributed by atoms with Crippen molar-refractivity contribution < 1.29 is 4.79 Å². The van der Waals surface area contributed by atoms with Crippen LogP contribution in [0, 0.1) is 35.0 Å². The van der Waals surface area contributed by atoms with Gasteiger partial charge in [0.05, 0.1) is 0 Å². The zero-order valence-corrected chi connectivity index (χ0v) is 12.3. The predicted octanol–water partition coefficient (Wildman–Crippen LogP) is 3.18. The number of thiol groups is 1.